The molecule has 0 atom stereocenters. The molecule has 0 saturated carbocycles. The Balaban J connectivity index is 1.92. The summed E-state index contributed by atoms with van der Waals surface area (Å²) in [5, 5.41) is 6.69. The van der Waals surface area contributed by atoms with Crippen molar-refractivity contribution in [3.8, 4) is 0 Å². The molecule has 0 spiro atoms. The van der Waals surface area contributed by atoms with Gasteiger partial charge in [0.15, 0.2) is 5.82 Å². The Kier molecular flexibility index (Phi) is 3.26. The van der Waals surface area contributed by atoms with E-state index in [2.05, 4.69) is 20.0 Å². The molecule has 1 N–H and O–H groups in total. The first-order valence-corrected chi connectivity index (χ1v) is 4.96. The van der Waals surface area contributed by atoms with Crippen LogP contribution in [-0.4, -0.2) is 10.1 Å². The molecule has 0 bridgehead atoms. The van der Waals surface area contributed by atoms with Crippen LogP contribution < -0.4 is 5.32 Å². The lowest BCUT2D eigenvalue weighted by Gasteiger charge is -2.04. The third kappa shape index (κ3) is 2.64. The van der Waals surface area contributed by atoms with Crippen molar-refractivity contribution in [1.29, 1.82) is 0 Å². The molecule has 5 heteroatoms. The molecule has 1 heterocycles. The van der Waals surface area contributed by atoms with Gasteiger partial charge >= 0.3 is 0 Å². The highest BCUT2D eigenvalue weighted by atomic mass is 19.1. The highest BCUT2D eigenvalue weighted by molar-refractivity contribution is 5.23. The van der Waals surface area contributed by atoms with Crippen LogP contribution in [0.15, 0.2) is 29.1 Å². The highest BCUT2D eigenvalue weighted by Gasteiger charge is 2.03. The molecule has 0 unspecified atom stereocenters. The van der Waals surface area contributed by atoms with Crippen LogP contribution in [0.25, 0.3) is 0 Å². The Bertz CT molecular complexity index is 456. The second kappa shape index (κ2) is 4.85. The van der Waals surface area contributed by atoms with Gasteiger partial charge in [-0.3, -0.25) is 0 Å². The lowest BCUT2D eigenvalue weighted by molar-refractivity contribution is 0.407. The van der Waals surface area contributed by atoms with Crippen LogP contribution in [0.2, 0.25) is 0 Å². The minimum absolute atomic E-state index is 0.203. The van der Waals surface area contributed by atoms with E-state index >= 15 is 0 Å². The maximum Gasteiger partial charge on any atom is 0.213 e. The molecule has 0 radical (unpaired) electrons. The van der Waals surface area contributed by atoms with Crippen molar-refractivity contribution in [2.24, 2.45) is 0 Å². The van der Waals surface area contributed by atoms with Crippen LogP contribution >= 0.6 is 0 Å². The fourth-order valence-electron chi connectivity index (χ4n) is 1.42. The second-order valence-electron chi connectivity index (χ2n) is 3.55. The van der Waals surface area contributed by atoms with Crippen LogP contribution in [0.3, 0.4) is 0 Å². The molecule has 2 rings (SSSR count). The molecule has 16 heavy (non-hydrogen) atoms. The fourth-order valence-corrected chi connectivity index (χ4v) is 1.42. The standard InChI is InChI=1S/C11H12FN3O/c1-8-2-3-10(12)9(4-8)5-13-6-11-14-7-16-15-11/h2-4,7,13H,5-6H2,1H3. The molecule has 0 saturated heterocycles. The number of hydrogen-bond acceptors (Lipinski definition) is 4. The van der Waals surface area contributed by atoms with E-state index in [1.54, 1.807) is 6.07 Å². The van der Waals surface area contributed by atoms with Crippen LogP contribution in [0.4, 0.5) is 4.39 Å². The molecule has 0 aliphatic carbocycles. The maximum atomic E-state index is 13.3. The van der Waals surface area contributed by atoms with Gasteiger partial charge in [0.05, 0.1) is 6.54 Å². The summed E-state index contributed by atoms with van der Waals surface area (Å²) in [6.45, 7) is 2.84. The lowest BCUT2D eigenvalue weighted by atomic mass is 10.1. The summed E-state index contributed by atoms with van der Waals surface area (Å²) in [6, 6.07) is 5.04. The molecule has 84 valence electrons. The summed E-state index contributed by atoms with van der Waals surface area (Å²) in [6.07, 6.45) is 1.27. The Hall–Kier alpha value is -1.75. The van der Waals surface area contributed by atoms with E-state index in [0.717, 1.165) is 5.56 Å². The molecule has 0 aliphatic heterocycles. The Morgan fingerprint density at radius 1 is 1.38 bits per heavy atom. The maximum absolute atomic E-state index is 13.3. The molecule has 4 nitrogen and oxygen atoms in total. The molecule has 0 amide bonds. The van der Waals surface area contributed by atoms with Crippen molar-refractivity contribution in [1.82, 2.24) is 15.5 Å². The SMILES string of the molecule is Cc1ccc(F)c(CNCc2ncon2)c1. The van der Waals surface area contributed by atoms with Crippen molar-refractivity contribution in [2.75, 3.05) is 0 Å². The fraction of sp³-hybridized carbons (Fsp3) is 0.273. The molecule has 0 aliphatic rings. The summed E-state index contributed by atoms with van der Waals surface area (Å²) in [4.78, 5) is 3.85. The molecule has 2 aromatic rings. The van der Waals surface area contributed by atoms with E-state index in [1.807, 2.05) is 13.0 Å². The molecule has 1 aromatic carbocycles. The molecular weight excluding hydrogens is 209 g/mol. The van der Waals surface area contributed by atoms with Crippen molar-refractivity contribution in [3.63, 3.8) is 0 Å². The number of nitrogens with one attached hydrogen (secondary N) is 1. The van der Waals surface area contributed by atoms with Crippen molar-refractivity contribution in [3.05, 3.63) is 47.4 Å². The van der Waals surface area contributed by atoms with Gasteiger partial charge in [0.25, 0.3) is 0 Å². The first-order chi connectivity index (χ1) is 7.75. The van der Waals surface area contributed by atoms with E-state index in [1.165, 1.54) is 12.5 Å². The van der Waals surface area contributed by atoms with Gasteiger partial charge in [0, 0.05) is 12.1 Å². The van der Waals surface area contributed by atoms with E-state index in [-0.39, 0.29) is 5.82 Å². The van der Waals surface area contributed by atoms with E-state index in [9.17, 15) is 4.39 Å². The van der Waals surface area contributed by atoms with E-state index < -0.39 is 0 Å². The third-order valence-corrected chi connectivity index (χ3v) is 2.21. The first kappa shape index (κ1) is 10.8. The number of benzene rings is 1. The minimum Gasteiger partial charge on any atom is -0.343 e. The number of aryl methyl sites for hydroxylation is 1. The number of rotatable bonds is 4. The number of halogens is 1. The van der Waals surface area contributed by atoms with Crippen LogP contribution in [0, 0.1) is 12.7 Å². The van der Waals surface area contributed by atoms with Gasteiger partial charge in [-0.15, -0.1) is 0 Å². The summed E-state index contributed by atoms with van der Waals surface area (Å²) >= 11 is 0. The average Bonchev–Trinajstić information content (AvgIpc) is 2.76. The van der Waals surface area contributed by atoms with Gasteiger partial charge in [0.2, 0.25) is 6.39 Å². The van der Waals surface area contributed by atoms with Gasteiger partial charge in [-0.25, -0.2) is 4.39 Å². The predicted octanol–water partition coefficient (Wildman–Crippen LogP) is 1.81. The molecular formula is C11H12FN3O. The largest absolute Gasteiger partial charge is 0.343 e. The Morgan fingerprint density at radius 2 is 2.25 bits per heavy atom. The minimum atomic E-state index is -0.203. The monoisotopic (exact) mass is 221 g/mol. The third-order valence-electron chi connectivity index (χ3n) is 2.21. The Labute approximate surface area is 92.5 Å². The van der Waals surface area contributed by atoms with E-state index in [4.69, 9.17) is 0 Å². The predicted molar refractivity (Wildman–Crippen MR) is 56.0 cm³/mol. The number of aromatic nitrogens is 2. The van der Waals surface area contributed by atoms with Crippen LogP contribution in [0.1, 0.15) is 17.0 Å². The average molecular weight is 221 g/mol. The summed E-state index contributed by atoms with van der Waals surface area (Å²) in [7, 11) is 0. The quantitative estimate of drug-likeness (QED) is 0.855. The second-order valence-corrected chi connectivity index (χ2v) is 3.55. The van der Waals surface area contributed by atoms with E-state index in [0.29, 0.717) is 24.5 Å². The zero-order chi connectivity index (χ0) is 11.4. The zero-order valence-electron chi connectivity index (χ0n) is 8.90. The summed E-state index contributed by atoms with van der Waals surface area (Å²) < 4.78 is 17.9. The normalized spacial score (nSPS) is 10.6. The number of nitrogens with zero attached hydrogens (tertiary/aromatic N) is 2. The van der Waals surface area contributed by atoms with Gasteiger partial charge in [-0.05, 0) is 13.0 Å². The van der Waals surface area contributed by atoms with Gasteiger partial charge in [-0.1, -0.05) is 22.9 Å². The first-order valence-electron chi connectivity index (χ1n) is 4.96. The molecule has 0 fully saturated rings. The van der Waals surface area contributed by atoms with Crippen molar-refractivity contribution < 1.29 is 8.91 Å². The van der Waals surface area contributed by atoms with Gasteiger partial charge in [0.1, 0.15) is 5.82 Å². The van der Waals surface area contributed by atoms with Crippen molar-refractivity contribution >= 4 is 0 Å². The Morgan fingerprint density at radius 3 is 3.00 bits per heavy atom. The number of hydrogen-bond donors (Lipinski definition) is 1. The highest BCUT2D eigenvalue weighted by Crippen LogP contribution is 2.09. The zero-order valence-corrected chi connectivity index (χ0v) is 8.90. The molecule has 1 aromatic heterocycles. The van der Waals surface area contributed by atoms with Gasteiger partial charge < -0.3 is 9.84 Å². The van der Waals surface area contributed by atoms with Gasteiger partial charge in [-0.2, -0.15) is 4.98 Å². The van der Waals surface area contributed by atoms with Crippen LogP contribution in [0.5, 0.6) is 0 Å². The topological polar surface area (TPSA) is 51.0 Å². The lowest BCUT2D eigenvalue weighted by Crippen LogP contribution is -2.14. The summed E-state index contributed by atoms with van der Waals surface area (Å²) in [5.74, 6) is 0.360. The van der Waals surface area contributed by atoms with Crippen LogP contribution in [-0.2, 0) is 13.1 Å². The smallest absolute Gasteiger partial charge is 0.213 e. The van der Waals surface area contributed by atoms with Crippen molar-refractivity contribution in [2.45, 2.75) is 20.0 Å². The summed E-state index contributed by atoms with van der Waals surface area (Å²) in [5.41, 5.74) is 1.68.